The predicted molar refractivity (Wildman–Crippen MR) is 103 cm³/mol. The first-order chi connectivity index (χ1) is 12.7. The number of hydrogen-bond donors (Lipinski definition) is 2. The molecule has 26 heavy (non-hydrogen) atoms. The lowest BCUT2D eigenvalue weighted by molar-refractivity contribution is 0.256. The number of benzene rings is 3. The maximum absolute atomic E-state index is 12.9. The highest BCUT2D eigenvalue weighted by atomic mass is 16.5. The molecule has 0 aliphatic rings. The Morgan fingerprint density at radius 2 is 1.65 bits per heavy atom. The maximum atomic E-state index is 12.9. The number of rotatable bonds is 5. The van der Waals surface area contributed by atoms with Gasteiger partial charge < -0.3 is 15.2 Å². The number of nitrogens with one attached hydrogen (secondary N) is 1. The predicted octanol–water partition coefficient (Wildman–Crippen LogP) is 4.64. The van der Waals surface area contributed by atoms with Crippen molar-refractivity contribution in [2.75, 3.05) is 17.3 Å². The van der Waals surface area contributed by atoms with Crippen molar-refractivity contribution in [2.45, 2.75) is 6.54 Å². The van der Waals surface area contributed by atoms with E-state index in [1.54, 1.807) is 23.1 Å². The summed E-state index contributed by atoms with van der Waals surface area (Å²) in [4.78, 5) is 14.5. The molecule has 3 aromatic carbocycles. The van der Waals surface area contributed by atoms with Gasteiger partial charge in [-0.05, 0) is 42.0 Å². The Labute approximate surface area is 152 Å². The molecule has 0 saturated heterocycles. The van der Waals surface area contributed by atoms with Crippen LogP contribution in [0.3, 0.4) is 0 Å². The molecule has 0 heterocycles. The van der Waals surface area contributed by atoms with E-state index in [1.807, 2.05) is 60.7 Å². The summed E-state index contributed by atoms with van der Waals surface area (Å²) in [5.74, 6) is 0.440. The van der Waals surface area contributed by atoms with Gasteiger partial charge in [0.25, 0.3) is 0 Å². The Balaban J connectivity index is 1.87. The molecule has 0 fully saturated rings. The molecule has 0 unspecified atom stereocenters. The van der Waals surface area contributed by atoms with Gasteiger partial charge in [0.1, 0.15) is 0 Å². The van der Waals surface area contributed by atoms with Gasteiger partial charge in [-0.25, -0.2) is 4.79 Å². The van der Waals surface area contributed by atoms with Crippen molar-refractivity contribution in [3.8, 4) is 11.5 Å². The summed E-state index contributed by atoms with van der Waals surface area (Å²) in [7, 11) is 1.50. The van der Waals surface area contributed by atoms with E-state index in [2.05, 4.69) is 5.32 Å². The van der Waals surface area contributed by atoms with Crippen molar-refractivity contribution in [1.29, 1.82) is 0 Å². The van der Waals surface area contributed by atoms with Gasteiger partial charge in [0.15, 0.2) is 11.5 Å². The van der Waals surface area contributed by atoms with Gasteiger partial charge in [0.05, 0.1) is 13.7 Å². The minimum atomic E-state index is -0.241. The van der Waals surface area contributed by atoms with Crippen LogP contribution in [0.25, 0.3) is 0 Å². The molecular weight excluding hydrogens is 328 g/mol. The molecule has 2 N–H and O–H groups in total. The first-order valence-corrected chi connectivity index (χ1v) is 8.22. The van der Waals surface area contributed by atoms with Gasteiger partial charge in [-0.2, -0.15) is 0 Å². The Morgan fingerprint density at radius 1 is 1.00 bits per heavy atom. The molecular formula is C21H20N2O3. The van der Waals surface area contributed by atoms with E-state index in [4.69, 9.17) is 4.74 Å². The molecule has 0 radical (unpaired) electrons. The number of phenols is 1. The fourth-order valence-corrected chi connectivity index (χ4v) is 2.60. The van der Waals surface area contributed by atoms with E-state index < -0.39 is 0 Å². The highest BCUT2D eigenvalue weighted by molar-refractivity contribution is 6.01. The van der Waals surface area contributed by atoms with Gasteiger partial charge in [0, 0.05) is 11.4 Å². The highest BCUT2D eigenvalue weighted by Crippen LogP contribution is 2.28. The molecule has 0 bridgehead atoms. The standard InChI is InChI=1S/C21H20N2O3/c1-26-20-14-16(12-13-19(20)24)15-23(18-10-6-3-7-11-18)21(25)22-17-8-4-2-5-9-17/h2-14,24H,15H2,1H3,(H,22,25). The van der Waals surface area contributed by atoms with Crippen molar-refractivity contribution in [1.82, 2.24) is 0 Å². The zero-order valence-electron chi connectivity index (χ0n) is 14.4. The number of nitrogens with zero attached hydrogens (tertiary/aromatic N) is 1. The number of aromatic hydroxyl groups is 1. The van der Waals surface area contributed by atoms with Crippen LogP contribution < -0.4 is 15.0 Å². The number of hydrogen-bond acceptors (Lipinski definition) is 3. The molecule has 3 rings (SSSR count). The third-order valence-corrected chi connectivity index (χ3v) is 3.92. The average Bonchev–Trinajstić information content (AvgIpc) is 2.68. The topological polar surface area (TPSA) is 61.8 Å². The molecule has 0 saturated carbocycles. The number of methoxy groups -OCH3 is 1. The van der Waals surface area contributed by atoms with Crippen LogP contribution in [0.1, 0.15) is 5.56 Å². The zero-order valence-corrected chi connectivity index (χ0v) is 14.4. The van der Waals surface area contributed by atoms with Gasteiger partial charge in [0.2, 0.25) is 0 Å². The molecule has 0 aliphatic heterocycles. The summed E-state index contributed by atoms with van der Waals surface area (Å²) in [6.07, 6.45) is 0. The third-order valence-electron chi connectivity index (χ3n) is 3.92. The number of urea groups is 1. The fourth-order valence-electron chi connectivity index (χ4n) is 2.60. The number of phenolic OH excluding ortho intramolecular Hbond substituents is 1. The van der Waals surface area contributed by atoms with E-state index in [9.17, 15) is 9.90 Å². The van der Waals surface area contributed by atoms with E-state index in [0.717, 1.165) is 16.9 Å². The molecule has 0 atom stereocenters. The van der Waals surface area contributed by atoms with E-state index >= 15 is 0 Å². The second-order valence-electron chi connectivity index (χ2n) is 5.72. The maximum Gasteiger partial charge on any atom is 0.326 e. The number of para-hydroxylation sites is 2. The molecule has 5 nitrogen and oxygen atoms in total. The first kappa shape index (κ1) is 17.4. The lowest BCUT2D eigenvalue weighted by Crippen LogP contribution is -2.34. The molecule has 0 aliphatic carbocycles. The van der Waals surface area contributed by atoms with E-state index in [-0.39, 0.29) is 11.8 Å². The Kier molecular flexibility index (Phi) is 5.39. The van der Waals surface area contributed by atoms with Crippen molar-refractivity contribution in [2.24, 2.45) is 0 Å². The second kappa shape index (κ2) is 8.07. The van der Waals surface area contributed by atoms with E-state index in [1.165, 1.54) is 7.11 Å². The monoisotopic (exact) mass is 348 g/mol. The summed E-state index contributed by atoms with van der Waals surface area (Å²) in [6.45, 7) is 0.333. The Bertz CT molecular complexity index is 867. The van der Waals surface area contributed by atoms with E-state index in [0.29, 0.717) is 12.3 Å². The molecule has 132 valence electrons. The summed E-state index contributed by atoms with van der Waals surface area (Å²) in [5.41, 5.74) is 2.33. The summed E-state index contributed by atoms with van der Waals surface area (Å²) in [6, 6.07) is 23.5. The van der Waals surface area contributed by atoms with Gasteiger partial charge in [-0.1, -0.05) is 42.5 Å². The largest absolute Gasteiger partial charge is 0.504 e. The van der Waals surface area contributed by atoms with Crippen molar-refractivity contribution >= 4 is 17.4 Å². The molecule has 2 amide bonds. The quantitative estimate of drug-likeness (QED) is 0.706. The lowest BCUT2D eigenvalue weighted by atomic mass is 10.1. The highest BCUT2D eigenvalue weighted by Gasteiger charge is 2.17. The minimum Gasteiger partial charge on any atom is -0.504 e. The van der Waals surface area contributed by atoms with Crippen LogP contribution in [0.5, 0.6) is 11.5 Å². The first-order valence-electron chi connectivity index (χ1n) is 8.22. The van der Waals surface area contributed by atoms with Crippen LogP contribution in [0.2, 0.25) is 0 Å². The van der Waals surface area contributed by atoms with Crippen LogP contribution in [-0.4, -0.2) is 18.2 Å². The normalized spacial score (nSPS) is 10.2. The third kappa shape index (κ3) is 4.13. The lowest BCUT2D eigenvalue weighted by Gasteiger charge is -2.23. The molecule has 0 spiro atoms. The van der Waals surface area contributed by atoms with Crippen LogP contribution in [0.4, 0.5) is 16.2 Å². The molecule has 5 heteroatoms. The zero-order chi connectivity index (χ0) is 18.4. The number of anilines is 2. The smallest absolute Gasteiger partial charge is 0.326 e. The van der Waals surface area contributed by atoms with Crippen molar-refractivity contribution < 1.29 is 14.6 Å². The van der Waals surface area contributed by atoms with Gasteiger partial charge in [-0.3, -0.25) is 4.90 Å². The number of carbonyl (C=O) groups excluding carboxylic acids is 1. The van der Waals surface area contributed by atoms with Crippen LogP contribution in [0, 0.1) is 0 Å². The Hall–Kier alpha value is -3.47. The van der Waals surface area contributed by atoms with Crippen LogP contribution in [-0.2, 0) is 6.54 Å². The summed E-state index contributed by atoms with van der Waals surface area (Å²) in [5, 5.41) is 12.7. The molecule has 3 aromatic rings. The number of ether oxygens (including phenoxy) is 1. The SMILES string of the molecule is COc1cc(CN(C(=O)Nc2ccccc2)c2ccccc2)ccc1O. The number of carbonyl (C=O) groups is 1. The van der Waals surface area contributed by atoms with Gasteiger partial charge >= 0.3 is 6.03 Å². The number of amides is 2. The summed E-state index contributed by atoms with van der Waals surface area (Å²) < 4.78 is 5.16. The average molecular weight is 348 g/mol. The van der Waals surface area contributed by atoms with Crippen molar-refractivity contribution in [3.05, 3.63) is 84.4 Å². The summed E-state index contributed by atoms with van der Waals surface area (Å²) >= 11 is 0. The van der Waals surface area contributed by atoms with Crippen molar-refractivity contribution in [3.63, 3.8) is 0 Å². The second-order valence-corrected chi connectivity index (χ2v) is 5.72. The van der Waals surface area contributed by atoms with Crippen LogP contribution >= 0.6 is 0 Å². The van der Waals surface area contributed by atoms with Gasteiger partial charge in [-0.15, -0.1) is 0 Å². The fraction of sp³-hybridized carbons (Fsp3) is 0.0952. The molecule has 0 aromatic heterocycles. The Morgan fingerprint density at radius 3 is 2.31 bits per heavy atom. The van der Waals surface area contributed by atoms with Crippen LogP contribution in [0.15, 0.2) is 78.9 Å². The minimum absolute atomic E-state index is 0.0660.